The summed E-state index contributed by atoms with van der Waals surface area (Å²) in [5, 5.41) is 5.25. The van der Waals surface area contributed by atoms with Crippen molar-refractivity contribution in [2.45, 2.75) is 135 Å². The lowest BCUT2D eigenvalue weighted by atomic mass is 9.83. The van der Waals surface area contributed by atoms with Gasteiger partial charge >= 0.3 is 12.1 Å². The number of amides is 4. The number of carbonyl (C=O) groups excluding carboxylic acids is 5. The Balaban J connectivity index is 0.921. The predicted octanol–water partition coefficient (Wildman–Crippen LogP) is 5.70. The first-order chi connectivity index (χ1) is 39.4. The number of aromatic nitrogens is 2. The van der Waals surface area contributed by atoms with Gasteiger partial charge in [-0.3, -0.25) is 48.7 Å². The van der Waals surface area contributed by atoms with Crippen LogP contribution in [0.1, 0.15) is 90.0 Å². The Morgan fingerprint density at radius 3 is 2.36 bits per heavy atom. The number of hydrazine groups is 1. The van der Waals surface area contributed by atoms with Gasteiger partial charge in [0.05, 0.1) is 62.2 Å². The van der Waals surface area contributed by atoms with Gasteiger partial charge in [-0.25, -0.2) is 5.43 Å². The van der Waals surface area contributed by atoms with Crippen molar-refractivity contribution in [2.75, 3.05) is 104 Å². The number of esters is 1. The van der Waals surface area contributed by atoms with E-state index in [1.165, 1.54) is 27.3 Å². The third kappa shape index (κ3) is 12.7. The number of nitrogens with zero attached hydrogens (tertiary/aromatic N) is 9. The molecule has 4 aromatic rings. The lowest BCUT2D eigenvalue weighted by Gasteiger charge is -2.55. The van der Waals surface area contributed by atoms with Gasteiger partial charge in [0.1, 0.15) is 30.3 Å². The summed E-state index contributed by atoms with van der Waals surface area (Å²) in [6, 6.07) is 13.0. The third-order valence-corrected chi connectivity index (χ3v) is 17.9. The van der Waals surface area contributed by atoms with Crippen LogP contribution in [0.25, 0.3) is 33.3 Å². The summed E-state index contributed by atoms with van der Waals surface area (Å²) in [7, 11) is 3.38. The zero-order valence-corrected chi connectivity index (χ0v) is 49.4. The van der Waals surface area contributed by atoms with Crippen LogP contribution in [-0.4, -0.2) is 210 Å². The fraction of sp³-hybridized carbons (Fsp3) is 0.613. The molecule has 18 nitrogen and oxygen atoms in total. The molecular formula is C62H82F3N11O7. The summed E-state index contributed by atoms with van der Waals surface area (Å²) < 4.78 is 59.5. The van der Waals surface area contributed by atoms with E-state index in [0.29, 0.717) is 91.6 Å². The van der Waals surface area contributed by atoms with Crippen molar-refractivity contribution >= 4 is 46.2 Å². The Labute approximate surface area is 484 Å². The number of hydrogen-bond donors (Lipinski definition) is 2. The van der Waals surface area contributed by atoms with E-state index in [0.717, 1.165) is 48.6 Å². The van der Waals surface area contributed by atoms with Gasteiger partial charge in [0.15, 0.2) is 0 Å². The first-order valence-electron chi connectivity index (χ1n) is 29.9. The van der Waals surface area contributed by atoms with Crippen LogP contribution in [0.2, 0.25) is 0 Å². The van der Waals surface area contributed by atoms with Crippen LogP contribution < -0.4 is 15.6 Å². The number of halogens is 3. The second kappa shape index (κ2) is 23.0. The Morgan fingerprint density at radius 2 is 1.66 bits per heavy atom. The van der Waals surface area contributed by atoms with Crippen molar-refractivity contribution in [1.29, 1.82) is 0 Å². The Hall–Kier alpha value is -6.13. The van der Waals surface area contributed by atoms with E-state index in [1.54, 1.807) is 25.1 Å². The van der Waals surface area contributed by atoms with Gasteiger partial charge in [-0.15, -0.1) is 0 Å². The monoisotopic (exact) mass is 1150 g/mol. The van der Waals surface area contributed by atoms with E-state index in [9.17, 15) is 19.2 Å². The van der Waals surface area contributed by atoms with Crippen LogP contribution in [0.4, 0.5) is 18.9 Å². The van der Waals surface area contributed by atoms with E-state index < -0.39 is 53.7 Å². The fourth-order valence-corrected chi connectivity index (χ4v) is 13.4. The average molecular weight is 1150 g/mol. The van der Waals surface area contributed by atoms with E-state index in [1.807, 2.05) is 95.1 Å². The summed E-state index contributed by atoms with van der Waals surface area (Å²) in [4.78, 5) is 87.1. The molecule has 1 unspecified atom stereocenters. The number of carbonyl (C=O) groups is 5. The molecule has 6 fully saturated rings. The summed E-state index contributed by atoms with van der Waals surface area (Å²) in [5.41, 5.74) is 7.74. The van der Waals surface area contributed by atoms with E-state index in [2.05, 4.69) is 25.4 Å². The van der Waals surface area contributed by atoms with Crippen LogP contribution in [0.5, 0.6) is 0 Å². The van der Waals surface area contributed by atoms with Crippen molar-refractivity contribution in [3.05, 3.63) is 71.5 Å². The van der Waals surface area contributed by atoms with Crippen LogP contribution in [0.3, 0.4) is 0 Å². The third-order valence-electron chi connectivity index (χ3n) is 17.9. The molecular weight excluding hydrogens is 1070 g/mol. The first-order valence-corrected chi connectivity index (χ1v) is 29.9. The molecule has 6 bridgehead atoms. The van der Waals surface area contributed by atoms with Crippen LogP contribution in [0, 0.1) is 11.3 Å². The highest BCUT2D eigenvalue weighted by molar-refractivity contribution is 5.96. The van der Waals surface area contributed by atoms with Crippen molar-refractivity contribution < 1.29 is 46.6 Å². The van der Waals surface area contributed by atoms with Crippen LogP contribution in [-0.2, 0) is 52.8 Å². The largest absolute Gasteiger partial charge is 0.464 e. The maximum absolute atomic E-state index is 15.2. The number of benzene rings is 2. The first kappa shape index (κ1) is 58.6. The second-order valence-corrected chi connectivity index (χ2v) is 26.1. The van der Waals surface area contributed by atoms with Gasteiger partial charge in [-0.1, -0.05) is 71.9 Å². The van der Waals surface area contributed by atoms with Gasteiger partial charge in [-0.2, -0.15) is 13.2 Å². The molecule has 2 N–H and O–H groups in total. The number of nitrogens with one attached hydrogen (secondary N) is 2. The standard InChI is InChI=1S/C62H82F3N11O7/c1-38(2)53-46(28-44(30-66-53)71-21-19-70(20-22-71)43-15-16-43)55-47-29-60(5,6)37-82-59(81)48-13-10-18-76(68-48)57(79)49(26-40-11-9-12-41(25-40)42-14-17-50(45(47)27-42)75(55)36-62(63,64)65)67-56(78)54(39(3)4)72-23-24-83-61(33-72)34-74(35-61)58(80)51-31-73(51)32-52(77)69(7)8/h9,11-12,14,17,25,27-28,30,38-39,43,48-49,51,54,68H,10,13,15-16,18-24,26,29,31-37H2,1-8H3,(H,67,78)/t48-,49-,51+,54-,73?/m0/s1. The lowest BCUT2D eigenvalue weighted by molar-refractivity contribution is -0.197. The number of morpholine rings is 1. The van der Waals surface area contributed by atoms with Crippen molar-refractivity contribution in [3.8, 4) is 22.4 Å². The normalized spacial score (nSPS) is 24.6. The minimum absolute atomic E-state index is 0.0393. The number of fused-ring (bicyclic) bond motifs is 6. The van der Waals surface area contributed by atoms with Crippen molar-refractivity contribution in [2.24, 2.45) is 11.3 Å². The molecule has 5 atom stereocenters. The van der Waals surface area contributed by atoms with Gasteiger partial charge < -0.3 is 34.1 Å². The number of pyridine rings is 1. The average Bonchev–Trinajstić information content (AvgIpc) is 3.15. The number of likely N-dealkylation sites (N-methyl/N-ethyl adjacent to an activating group) is 1. The van der Waals surface area contributed by atoms with Crippen molar-refractivity contribution in [1.82, 2.24) is 49.8 Å². The summed E-state index contributed by atoms with van der Waals surface area (Å²) >= 11 is 0. The van der Waals surface area contributed by atoms with Gasteiger partial charge in [0, 0.05) is 101 Å². The summed E-state index contributed by atoms with van der Waals surface area (Å²) in [6.45, 7) is 16.9. The molecule has 8 heterocycles. The highest BCUT2D eigenvalue weighted by Gasteiger charge is 2.55. The maximum atomic E-state index is 15.2. The number of likely N-dealkylation sites (tertiary alicyclic amines) is 1. The molecule has 1 saturated carbocycles. The SMILES string of the molecule is CC(C)c1ncc(N2CCN(C3CC3)CC2)cc1-c1c2c3cc(ccc3n1CC(F)(F)F)-c1cccc(c1)C[C@H](NC(=O)[C@H](C(C)C)N1CCOC3(CN(C(=O)[C@H]4CN4CC(=O)N(C)C)C3)C1)C(=O)N1CCC[C@H](N1)C(=O)OCC(C)(C)C2. The second-order valence-electron chi connectivity index (χ2n) is 26.1. The fourth-order valence-electron chi connectivity index (χ4n) is 13.4. The summed E-state index contributed by atoms with van der Waals surface area (Å²) in [6.07, 6.45) is 0.948. The molecule has 4 amide bonds. The molecule has 21 heteroatoms. The molecule has 83 heavy (non-hydrogen) atoms. The molecule has 2 aromatic heterocycles. The van der Waals surface area contributed by atoms with Gasteiger partial charge in [0.2, 0.25) is 17.7 Å². The topological polar surface area (TPSA) is 168 Å². The lowest BCUT2D eigenvalue weighted by Crippen LogP contribution is -2.73. The zero-order valence-electron chi connectivity index (χ0n) is 49.4. The highest BCUT2D eigenvalue weighted by Crippen LogP contribution is 2.45. The molecule has 0 radical (unpaired) electrons. The molecule has 5 saturated heterocycles. The smallest absolute Gasteiger partial charge is 0.406 e. The van der Waals surface area contributed by atoms with Gasteiger partial charge in [-0.05, 0) is 84.4 Å². The van der Waals surface area contributed by atoms with Crippen LogP contribution in [0.15, 0.2) is 54.7 Å². The quantitative estimate of drug-likeness (QED) is 0.131. The minimum Gasteiger partial charge on any atom is -0.464 e. The predicted molar refractivity (Wildman–Crippen MR) is 309 cm³/mol. The molecule has 1 spiro atoms. The Kier molecular flexibility index (Phi) is 16.3. The number of hydrogen-bond acceptors (Lipinski definition) is 13. The van der Waals surface area contributed by atoms with E-state index in [4.69, 9.17) is 14.5 Å². The minimum atomic E-state index is -4.58. The Morgan fingerprint density at radius 1 is 0.916 bits per heavy atom. The molecule has 2 aromatic carbocycles. The van der Waals surface area contributed by atoms with E-state index in [-0.39, 0.29) is 68.1 Å². The molecule has 1 aliphatic carbocycles. The van der Waals surface area contributed by atoms with Crippen molar-refractivity contribution in [3.63, 3.8) is 0 Å². The highest BCUT2D eigenvalue weighted by atomic mass is 19.4. The zero-order chi connectivity index (χ0) is 58.9. The number of rotatable bonds is 12. The number of ether oxygens (including phenoxy) is 2. The molecule has 448 valence electrons. The number of anilines is 1. The van der Waals surface area contributed by atoms with E-state index >= 15 is 18.0 Å². The number of alkyl halides is 3. The summed E-state index contributed by atoms with van der Waals surface area (Å²) in [5.74, 6) is -1.73. The number of cyclic esters (lactones) is 1. The Bertz CT molecular complexity index is 3130. The van der Waals surface area contributed by atoms with Crippen LogP contribution >= 0.6 is 0 Å². The number of piperazine rings is 1. The maximum Gasteiger partial charge on any atom is 0.406 e. The molecule has 7 aliphatic rings. The molecule has 11 rings (SSSR count). The molecule has 6 aliphatic heterocycles. The van der Waals surface area contributed by atoms with Gasteiger partial charge in [0.25, 0.3) is 5.91 Å².